The zero-order chi connectivity index (χ0) is 13.2. The molecule has 19 heavy (non-hydrogen) atoms. The second kappa shape index (κ2) is 4.88. The van der Waals surface area contributed by atoms with Gasteiger partial charge in [0.2, 0.25) is 0 Å². The molecule has 0 aliphatic rings. The lowest BCUT2D eigenvalue weighted by molar-refractivity contribution is 0.658. The molecule has 0 fully saturated rings. The second-order valence-corrected chi connectivity index (χ2v) is 4.66. The normalized spacial score (nSPS) is 11.3. The van der Waals surface area contributed by atoms with Crippen LogP contribution in [0.2, 0.25) is 0 Å². The maximum absolute atomic E-state index is 4.69. The first-order chi connectivity index (χ1) is 9.31. The average Bonchev–Trinajstić information content (AvgIpc) is 3.04. The van der Waals surface area contributed by atoms with Gasteiger partial charge in [0.05, 0.1) is 23.8 Å². The number of benzene rings is 1. The predicted molar refractivity (Wildman–Crippen MR) is 76.1 cm³/mol. The summed E-state index contributed by atoms with van der Waals surface area (Å²) < 4.78 is 4.24. The van der Waals surface area contributed by atoms with Crippen molar-refractivity contribution in [2.45, 2.75) is 33.4 Å². The molecule has 2 aromatic heterocycles. The maximum atomic E-state index is 4.69. The molecule has 3 aromatic rings. The monoisotopic (exact) mass is 254 g/mol. The largest absolute Gasteiger partial charge is 0.323 e. The quantitative estimate of drug-likeness (QED) is 0.717. The van der Waals surface area contributed by atoms with Crippen LogP contribution in [-0.4, -0.2) is 19.3 Å². The van der Waals surface area contributed by atoms with Gasteiger partial charge in [0, 0.05) is 24.7 Å². The van der Waals surface area contributed by atoms with E-state index in [2.05, 4.69) is 47.9 Å². The van der Waals surface area contributed by atoms with E-state index in [9.17, 15) is 0 Å². The molecule has 0 amide bonds. The molecular formula is C15H18N4. The number of hydrogen-bond acceptors (Lipinski definition) is 2. The second-order valence-electron chi connectivity index (χ2n) is 4.66. The molecule has 0 spiro atoms. The molecule has 0 bridgehead atoms. The van der Waals surface area contributed by atoms with Crippen molar-refractivity contribution in [1.82, 2.24) is 19.3 Å². The first-order valence-corrected chi connectivity index (χ1v) is 6.77. The highest BCUT2D eigenvalue weighted by molar-refractivity contribution is 5.76. The molecule has 0 radical (unpaired) electrons. The van der Waals surface area contributed by atoms with E-state index in [4.69, 9.17) is 4.98 Å². The van der Waals surface area contributed by atoms with Crippen LogP contribution in [0.4, 0.5) is 0 Å². The van der Waals surface area contributed by atoms with Gasteiger partial charge in [-0.25, -0.2) is 4.98 Å². The average molecular weight is 254 g/mol. The van der Waals surface area contributed by atoms with Crippen molar-refractivity contribution < 1.29 is 0 Å². The van der Waals surface area contributed by atoms with E-state index in [1.54, 1.807) is 0 Å². The summed E-state index contributed by atoms with van der Waals surface area (Å²) in [5.74, 6) is 1.13. The highest BCUT2D eigenvalue weighted by Crippen LogP contribution is 2.18. The Hall–Kier alpha value is -2.10. The van der Waals surface area contributed by atoms with Crippen LogP contribution < -0.4 is 0 Å². The molecule has 0 aliphatic carbocycles. The minimum atomic E-state index is 0.837. The first-order valence-electron chi connectivity index (χ1n) is 6.77. The zero-order valence-corrected chi connectivity index (χ0v) is 11.4. The van der Waals surface area contributed by atoms with Crippen molar-refractivity contribution >= 4 is 11.0 Å². The summed E-state index contributed by atoms with van der Waals surface area (Å²) in [6.07, 6.45) is 4.99. The fraction of sp³-hybridized carbons (Fsp3) is 0.333. The molecule has 4 nitrogen and oxygen atoms in total. The molecule has 98 valence electrons. The SMILES string of the molecule is CCc1nc2ccccc2n1Cc1cnn(CC)c1. The Bertz CT molecular complexity index is 693. The van der Waals surface area contributed by atoms with Crippen molar-refractivity contribution in [3.8, 4) is 0 Å². The number of nitrogens with zero attached hydrogens (tertiary/aromatic N) is 4. The lowest BCUT2D eigenvalue weighted by Crippen LogP contribution is -2.03. The van der Waals surface area contributed by atoms with Crippen molar-refractivity contribution in [3.05, 3.63) is 48.0 Å². The minimum Gasteiger partial charge on any atom is -0.323 e. The summed E-state index contributed by atoms with van der Waals surface area (Å²) in [7, 11) is 0. The Kier molecular flexibility index (Phi) is 3.07. The Morgan fingerprint density at radius 1 is 1.16 bits per heavy atom. The van der Waals surface area contributed by atoms with E-state index >= 15 is 0 Å². The van der Waals surface area contributed by atoms with Crippen LogP contribution in [0.25, 0.3) is 11.0 Å². The summed E-state index contributed by atoms with van der Waals surface area (Å²) in [5, 5.41) is 4.33. The molecule has 0 aliphatic heterocycles. The van der Waals surface area contributed by atoms with Crippen molar-refractivity contribution in [3.63, 3.8) is 0 Å². The molecule has 3 rings (SSSR count). The van der Waals surface area contributed by atoms with E-state index < -0.39 is 0 Å². The van der Waals surface area contributed by atoms with Gasteiger partial charge in [-0.2, -0.15) is 5.10 Å². The Morgan fingerprint density at radius 3 is 2.74 bits per heavy atom. The Labute approximate surface area is 112 Å². The van der Waals surface area contributed by atoms with Gasteiger partial charge in [0.1, 0.15) is 5.82 Å². The van der Waals surface area contributed by atoms with Crippen LogP contribution in [-0.2, 0) is 19.5 Å². The summed E-state index contributed by atoms with van der Waals surface area (Å²) >= 11 is 0. The third kappa shape index (κ3) is 2.14. The maximum Gasteiger partial charge on any atom is 0.109 e. The van der Waals surface area contributed by atoms with Gasteiger partial charge < -0.3 is 4.57 Å². The molecular weight excluding hydrogens is 236 g/mol. The summed E-state index contributed by atoms with van der Waals surface area (Å²) in [6, 6.07) is 8.30. The van der Waals surface area contributed by atoms with Crippen molar-refractivity contribution in [2.24, 2.45) is 0 Å². The first kappa shape index (κ1) is 12.0. The molecule has 0 atom stereocenters. The van der Waals surface area contributed by atoms with Gasteiger partial charge >= 0.3 is 0 Å². The summed E-state index contributed by atoms with van der Waals surface area (Å²) in [5.41, 5.74) is 3.49. The number of hydrogen-bond donors (Lipinski definition) is 0. The third-order valence-corrected chi connectivity index (χ3v) is 3.40. The molecule has 0 N–H and O–H groups in total. The Balaban J connectivity index is 2.03. The van der Waals surface area contributed by atoms with E-state index in [-0.39, 0.29) is 0 Å². The number of rotatable bonds is 4. The number of imidazole rings is 1. The number of fused-ring (bicyclic) bond motifs is 1. The van der Waals surface area contributed by atoms with Crippen LogP contribution >= 0.6 is 0 Å². The van der Waals surface area contributed by atoms with E-state index in [0.29, 0.717) is 0 Å². The fourth-order valence-electron chi connectivity index (χ4n) is 2.42. The van der Waals surface area contributed by atoms with Gasteiger partial charge in [-0.05, 0) is 19.1 Å². The van der Waals surface area contributed by atoms with Crippen molar-refractivity contribution in [2.75, 3.05) is 0 Å². The zero-order valence-electron chi connectivity index (χ0n) is 11.4. The Morgan fingerprint density at radius 2 is 2.00 bits per heavy atom. The van der Waals surface area contributed by atoms with Crippen LogP contribution in [0.3, 0.4) is 0 Å². The van der Waals surface area contributed by atoms with Crippen LogP contribution in [0.15, 0.2) is 36.7 Å². The number of aromatic nitrogens is 4. The van der Waals surface area contributed by atoms with Gasteiger partial charge in [0.15, 0.2) is 0 Å². The highest BCUT2D eigenvalue weighted by atomic mass is 15.3. The predicted octanol–water partition coefficient (Wildman–Crippen LogP) is 2.86. The lowest BCUT2D eigenvalue weighted by atomic mass is 10.3. The van der Waals surface area contributed by atoms with Gasteiger partial charge in [-0.15, -0.1) is 0 Å². The molecule has 4 heteroatoms. The van der Waals surface area contributed by atoms with Gasteiger partial charge in [-0.1, -0.05) is 19.1 Å². The van der Waals surface area contributed by atoms with Crippen LogP contribution in [0.1, 0.15) is 25.2 Å². The number of aryl methyl sites for hydroxylation is 2. The van der Waals surface area contributed by atoms with E-state index in [1.165, 1.54) is 11.1 Å². The molecule has 0 saturated heterocycles. The lowest BCUT2D eigenvalue weighted by Gasteiger charge is -2.06. The summed E-state index contributed by atoms with van der Waals surface area (Å²) in [4.78, 5) is 4.69. The molecule has 1 aromatic carbocycles. The van der Waals surface area contributed by atoms with Crippen molar-refractivity contribution in [1.29, 1.82) is 0 Å². The molecule has 0 saturated carbocycles. The van der Waals surface area contributed by atoms with Gasteiger partial charge in [-0.3, -0.25) is 4.68 Å². The molecule has 0 unspecified atom stereocenters. The topological polar surface area (TPSA) is 35.6 Å². The van der Waals surface area contributed by atoms with Crippen LogP contribution in [0, 0.1) is 0 Å². The fourth-order valence-corrected chi connectivity index (χ4v) is 2.42. The van der Waals surface area contributed by atoms with E-state index in [1.807, 2.05) is 16.9 Å². The van der Waals surface area contributed by atoms with Crippen LogP contribution in [0.5, 0.6) is 0 Å². The smallest absolute Gasteiger partial charge is 0.109 e. The summed E-state index contributed by atoms with van der Waals surface area (Å²) in [6.45, 7) is 5.99. The standard InChI is InChI=1S/C15H18N4/c1-3-15-17-13-7-5-6-8-14(13)19(15)11-12-9-16-18(4-2)10-12/h5-10H,3-4,11H2,1-2H3. The number of para-hydroxylation sites is 2. The van der Waals surface area contributed by atoms with Gasteiger partial charge in [0.25, 0.3) is 0 Å². The highest BCUT2D eigenvalue weighted by Gasteiger charge is 2.09. The third-order valence-electron chi connectivity index (χ3n) is 3.40. The molecule has 2 heterocycles. The van der Waals surface area contributed by atoms with E-state index in [0.717, 1.165) is 30.9 Å². The minimum absolute atomic E-state index is 0.837.